The molecule has 0 aliphatic carbocycles. The third-order valence-corrected chi connectivity index (χ3v) is 6.02. The highest BCUT2D eigenvalue weighted by Gasteiger charge is 2.35. The van der Waals surface area contributed by atoms with Crippen LogP contribution in [0.1, 0.15) is 37.7 Å². The van der Waals surface area contributed by atoms with Crippen molar-refractivity contribution in [2.75, 3.05) is 16.8 Å². The van der Waals surface area contributed by atoms with Crippen LogP contribution in [0.15, 0.2) is 54.7 Å². The van der Waals surface area contributed by atoms with Gasteiger partial charge in [-0.3, -0.25) is 0 Å². The Bertz CT molecular complexity index is 1300. The van der Waals surface area contributed by atoms with Crippen molar-refractivity contribution >= 4 is 28.9 Å². The highest BCUT2D eigenvalue weighted by atomic mass is 16.6. The Morgan fingerprint density at radius 1 is 1.18 bits per heavy atom. The molecule has 3 heterocycles. The summed E-state index contributed by atoms with van der Waals surface area (Å²) in [4.78, 5) is 30.5. The van der Waals surface area contributed by atoms with Gasteiger partial charge in [0.2, 0.25) is 11.9 Å². The monoisotopic (exact) mass is 442 g/mol. The van der Waals surface area contributed by atoms with E-state index in [1.54, 1.807) is 6.92 Å². The number of cyclic esters (lactones) is 1. The lowest BCUT2D eigenvalue weighted by Gasteiger charge is -2.20. The van der Waals surface area contributed by atoms with Crippen molar-refractivity contribution in [2.45, 2.75) is 39.3 Å². The summed E-state index contributed by atoms with van der Waals surface area (Å²) in [5, 5.41) is 4.53. The van der Waals surface area contributed by atoms with Crippen molar-refractivity contribution in [3.05, 3.63) is 66.1 Å². The SMILES string of the molecule is CC[C@H]1COC(=O)N1c1nc(C)nc(N[C@@H](C)c2ccc3c(-c4ccccc4)c[nH]c3c2)n1. The second-order valence-corrected chi connectivity index (χ2v) is 8.25. The van der Waals surface area contributed by atoms with Crippen LogP contribution in [-0.4, -0.2) is 38.7 Å². The quantitative estimate of drug-likeness (QED) is 0.424. The number of carbonyl (C=O) groups is 1. The largest absolute Gasteiger partial charge is 0.447 e. The number of nitrogens with one attached hydrogen (secondary N) is 2. The van der Waals surface area contributed by atoms with Crippen molar-refractivity contribution in [2.24, 2.45) is 0 Å². The highest BCUT2D eigenvalue weighted by molar-refractivity contribution is 5.95. The van der Waals surface area contributed by atoms with Gasteiger partial charge >= 0.3 is 6.09 Å². The number of nitrogens with zero attached hydrogens (tertiary/aromatic N) is 4. The minimum atomic E-state index is -0.419. The minimum absolute atomic E-state index is 0.0555. The number of ether oxygens (including phenoxy) is 1. The fourth-order valence-corrected chi connectivity index (χ4v) is 4.19. The van der Waals surface area contributed by atoms with Crippen LogP contribution in [0.3, 0.4) is 0 Å². The molecule has 4 aromatic rings. The van der Waals surface area contributed by atoms with E-state index in [0.29, 0.717) is 24.3 Å². The minimum Gasteiger partial charge on any atom is -0.447 e. The molecule has 1 amide bonds. The molecule has 0 bridgehead atoms. The van der Waals surface area contributed by atoms with E-state index >= 15 is 0 Å². The molecule has 8 heteroatoms. The molecule has 1 saturated heterocycles. The van der Waals surface area contributed by atoms with Gasteiger partial charge < -0.3 is 15.0 Å². The predicted molar refractivity (Wildman–Crippen MR) is 128 cm³/mol. The highest BCUT2D eigenvalue weighted by Crippen LogP contribution is 2.31. The summed E-state index contributed by atoms with van der Waals surface area (Å²) < 4.78 is 5.19. The smallest absolute Gasteiger partial charge is 0.417 e. The van der Waals surface area contributed by atoms with E-state index in [1.807, 2.05) is 31.3 Å². The van der Waals surface area contributed by atoms with E-state index in [9.17, 15) is 4.79 Å². The van der Waals surface area contributed by atoms with E-state index in [4.69, 9.17) is 4.74 Å². The maximum absolute atomic E-state index is 12.2. The molecule has 2 atom stereocenters. The molecule has 5 rings (SSSR count). The maximum atomic E-state index is 12.2. The van der Waals surface area contributed by atoms with Crippen LogP contribution in [0.5, 0.6) is 0 Å². The first-order valence-electron chi connectivity index (χ1n) is 11.1. The molecule has 2 aromatic carbocycles. The third kappa shape index (κ3) is 4.00. The van der Waals surface area contributed by atoms with E-state index in [2.05, 4.69) is 62.5 Å². The van der Waals surface area contributed by atoms with Crippen LogP contribution in [0, 0.1) is 6.92 Å². The first kappa shape index (κ1) is 20.9. The van der Waals surface area contributed by atoms with Crippen LogP contribution >= 0.6 is 0 Å². The molecule has 0 spiro atoms. The second-order valence-electron chi connectivity index (χ2n) is 8.25. The summed E-state index contributed by atoms with van der Waals surface area (Å²) in [7, 11) is 0. The van der Waals surface area contributed by atoms with Crippen LogP contribution in [-0.2, 0) is 4.74 Å². The van der Waals surface area contributed by atoms with Gasteiger partial charge in [-0.25, -0.2) is 9.69 Å². The van der Waals surface area contributed by atoms with Crippen molar-refractivity contribution in [3.63, 3.8) is 0 Å². The molecule has 0 radical (unpaired) electrons. The molecule has 0 saturated carbocycles. The predicted octanol–water partition coefficient (Wildman–Crippen LogP) is 5.24. The standard InChI is InChI=1S/C25H26N6O2/c1-4-19-14-33-25(32)31(19)24-29-16(3)28-23(30-24)27-15(2)18-10-11-20-21(13-26-22(20)12-18)17-8-6-5-7-9-17/h5-13,15,19,26H,4,14H2,1-3H3,(H,27,28,29,30)/t15-,19-/m0/s1. The van der Waals surface area contributed by atoms with Gasteiger partial charge in [0.25, 0.3) is 0 Å². The number of aromatic amines is 1. The van der Waals surface area contributed by atoms with Crippen molar-refractivity contribution < 1.29 is 9.53 Å². The summed E-state index contributed by atoms with van der Waals surface area (Å²) in [5.41, 5.74) is 4.52. The van der Waals surface area contributed by atoms with Gasteiger partial charge in [-0.15, -0.1) is 0 Å². The summed E-state index contributed by atoms with van der Waals surface area (Å²) in [5.74, 6) is 1.28. The number of hydrogen-bond acceptors (Lipinski definition) is 6. The van der Waals surface area contributed by atoms with Gasteiger partial charge in [0.1, 0.15) is 12.4 Å². The van der Waals surface area contributed by atoms with E-state index < -0.39 is 6.09 Å². The number of amides is 1. The Morgan fingerprint density at radius 3 is 2.79 bits per heavy atom. The molecular formula is C25H26N6O2. The summed E-state index contributed by atoms with van der Waals surface area (Å²) in [6.07, 6.45) is 2.39. The zero-order chi connectivity index (χ0) is 22.9. The fourth-order valence-electron chi connectivity index (χ4n) is 4.19. The Balaban J connectivity index is 1.40. The normalized spacial score (nSPS) is 16.8. The lowest BCUT2D eigenvalue weighted by atomic mass is 10.0. The molecule has 0 unspecified atom stereocenters. The van der Waals surface area contributed by atoms with Crippen LogP contribution in [0.4, 0.5) is 16.7 Å². The van der Waals surface area contributed by atoms with Crippen molar-refractivity contribution in [1.82, 2.24) is 19.9 Å². The van der Waals surface area contributed by atoms with Gasteiger partial charge in [-0.2, -0.15) is 15.0 Å². The number of aryl methyl sites for hydroxylation is 1. The Labute approximate surface area is 192 Å². The molecule has 1 fully saturated rings. The lowest BCUT2D eigenvalue weighted by Crippen LogP contribution is -2.34. The first-order valence-corrected chi connectivity index (χ1v) is 11.1. The van der Waals surface area contributed by atoms with Gasteiger partial charge in [0.05, 0.1) is 12.1 Å². The van der Waals surface area contributed by atoms with E-state index in [1.165, 1.54) is 21.4 Å². The molecule has 1 aliphatic rings. The molecule has 168 valence electrons. The van der Waals surface area contributed by atoms with Gasteiger partial charge in [-0.1, -0.05) is 49.4 Å². The number of hydrogen-bond donors (Lipinski definition) is 2. The zero-order valence-corrected chi connectivity index (χ0v) is 18.9. The maximum Gasteiger partial charge on any atom is 0.417 e. The molecule has 2 aromatic heterocycles. The number of rotatable bonds is 6. The lowest BCUT2D eigenvalue weighted by molar-refractivity contribution is 0.178. The fraction of sp³-hybridized carbons (Fsp3) is 0.280. The number of fused-ring (bicyclic) bond motifs is 1. The summed E-state index contributed by atoms with van der Waals surface area (Å²) in [6, 6.07) is 16.6. The number of carbonyl (C=O) groups excluding carboxylic acids is 1. The summed E-state index contributed by atoms with van der Waals surface area (Å²) >= 11 is 0. The topological polar surface area (TPSA) is 96.0 Å². The molecule has 2 N–H and O–H groups in total. The van der Waals surface area contributed by atoms with Crippen LogP contribution in [0.2, 0.25) is 0 Å². The average molecular weight is 443 g/mol. The molecular weight excluding hydrogens is 416 g/mol. The van der Waals surface area contributed by atoms with Crippen molar-refractivity contribution in [3.8, 4) is 11.1 Å². The number of benzene rings is 2. The van der Waals surface area contributed by atoms with Gasteiger partial charge in [0.15, 0.2) is 0 Å². The number of H-pyrrole nitrogens is 1. The molecule has 8 nitrogen and oxygen atoms in total. The van der Waals surface area contributed by atoms with Gasteiger partial charge in [-0.05, 0) is 37.5 Å². The molecule has 33 heavy (non-hydrogen) atoms. The van der Waals surface area contributed by atoms with E-state index in [0.717, 1.165) is 17.5 Å². The second kappa shape index (κ2) is 8.54. The Hall–Kier alpha value is -3.94. The summed E-state index contributed by atoms with van der Waals surface area (Å²) in [6.45, 7) is 6.20. The third-order valence-electron chi connectivity index (χ3n) is 6.02. The zero-order valence-electron chi connectivity index (χ0n) is 18.9. The van der Waals surface area contributed by atoms with Gasteiger partial charge in [0, 0.05) is 22.7 Å². The first-order chi connectivity index (χ1) is 16.0. The Kier molecular flexibility index (Phi) is 5.42. The Morgan fingerprint density at radius 2 is 2.00 bits per heavy atom. The van der Waals surface area contributed by atoms with E-state index in [-0.39, 0.29) is 12.1 Å². The molecule has 1 aliphatic heterocycles. The van der Waals surface area contributed by atoms with Crippen LogP contribution < -0.4 is 10.2 Å². The average Bonchev–Trinajstić information content (AvgIpc) is 3.41. The van der Waals surface area contributed by atoms with Crippen LogP contribution in [0.25, 0.3) is 22.0 Å². The number of anilines is 2. The number of aromatic nitrogens is 4. The van der Waals surface area contributed by atoms with Crippen molar-refractivity contribution in [1.29, 1.82) is 0 Å².